The number of sulfonamides is 1. The topological polar surface area (TPSA) is 46.6 Å². The van der Waals surface area contributed by atoms with Crippen molar-refractivity contribution in [2.75, 3.05) is 13.1 Å². The lowest BCUT2D eigenvalue weighted by Gasteiger charge is -2.31. The molecule has 3 rings (SSSR count). The second kappa shape index (κ2) is 7.58. The number of piperidine rings is 1. The molecule has 4 nitrogen and oxygen atoms in total. The SMILES string of the molecule is CCc1cccc(OC2CCN(S(=O)(=O)c3ccc(C)cc3)CC2)c1. The standard InChI is InChI=1S/C20H25NO3S/c1-3-17-5-4-6-19(15-17)24-18-11-13-21(14-12-18)25(22,23)20-9-7-16(2)8-10-20/h4-10,15,18H,3,11-14H2,1-2H3. The quantitative estimate of drug-likeness (QED) is 0.816. The second-order valence-corrected chi connectivity index (χ2v) is 8.47. The van der Waals surface area contributed by atoms with Crippen LogP contribution in [0.2, 0.25) is 0 Å². The Morgan fingerprint density at radius 1 is 1.08 bits per heavy atom. The molecule has 1 heterocycles. The van der Waals surface area contributed by atoms with Crippen LogP contribution in [0.4, 0.5) is 0 Å². The minimum absolute atomic E-state index is 0.0663. The molecule has 25 heavy (non-hydrogen) atoms. The first-order valence-corrected chi connectivity index (χ1v) is 10.3. The summed E-state index contributed by atoms with van der Waals surface area (Å²) in [5, 5.41) is 0. The van der Waals surface area contributed by atoms with Gasteiger partial charge in [0.25, 0.3) is 0 Å². The average molecular weight is 359 g/mol. The molecule has 0 amide bonds. The van der Waals surface area contributed by atoms with E-state index in [1.165, 1.54) is 5.56 Å². The van der Waals surface area contributed by atoms with Crippen molar-refractivity contribution >= 4 is 10.0 Å². The molecule has 1 aliphatic heterocycles. The number of benzene rings is 2. The molecule has 0 atom stereocenters. The van der Waals surface area contributed by atoms with E-state index in [4.69, 9.17) is 4.74 Å². The molecule has 0 radical (unpaired) electrons. The molecule has 2 aromatic rings. The minimum atomic E-state index is -3.41. The van der Waals surface area contributed by atoms with Gasteiger partial charge in [-0.1, -0.05) is 36.8 Å². The number of hydrogen-bond acceptors (Lipinski definition) is 3. The van der Waals surface area contributed by atoms with Crippen molar-refractivity contribution in [2.45, 2.75) is 44.1 Å². The van der Waals surface area contributed by atoms with Gasteiger partial charge in [-0.2, -0.15) is 4.31 Å². The van der Waals surface area contributed by atoms with Crippen LogP contribution >= 0.6 is 0 Å². The summed E-state index contributed by atoms with van der Waals surface area (Å²) in [6.07, 6.45) is 2.46. The largest absolute Gasteiger partial charge is 0.490 e. The van der Waals surface area contributed by atoms with Gasteiger partial charge in [0.2, 0.25) is 10.0 Å². The molecule has 1 aliphatic rings. The number of hydrogen-bond donors (Lipinski definition) is 0. The Hall–Kier alpha value is -1.85. The normalized spacial score (nSPS) is 16.7. The van der Waals surface area contributed by atoms with Crippen molar-refractivity contribution in [3.05, 3.63) is 59.7 Å². The third-order valence-corrected chi connectivity index (χ3v) is 6.58. The number of nitrogens with zero attached hydrogens (tertiary/aromatic N) is 1. The van der Waals surface area contributed by atoms with Crippen LogP contribution in [0.3, 0.4) is 0 Å². The van der Waals surface area contributed by atoms with Gasteiger partial charge in [0.05, 0.1) is 4.90 Å². The first-order valence-electron chi connectivity index (χ1n) is 8.81. The molecule has 0 unspecified atom stereocenters. The summed E-state index contributed by atoms with van der Waals surface area (Å²) in [6.45, 7) is 5.06. The second-order valence-electron chi connectivity index (χ2n) is 6.54. The molecule has 0 N–H and O–H groups in total. The molecular formula is C20H25NO3S. The molecule has 0 bridgehead atoms. The van der Waals surface area contributed by atoms with Crippen LogP contribution in [-0.2, 0) is 16.4 Å². The number of aryl methyl sites for hydroxylation is 2. The van der Waals surface area contributed by atoms with Gasteiger partial charge in [-0.05, 0) is 56.0 Å². The summed E-state index contributed by atoms with van der Waals surface area (Å²) in [5.41, 5.74) is 2.30. The van der Waals surface area contributed by atoms with Crippen molar-refractivity contribution in [1.82, 2.24) is 4.31 Å². The summed E-state index contributed by atoms with van der Waals surface area (Å²) in [7, 11) is -3.41. The molecule has 1 fully saturated rings. The van der Waals surface area contributed by atoms with Crippen LogP contribution in [-0.4, -0.2) is 31.9 Å². The van der Waals surface area contributed by atoms with Gasteiger partial charge >= 0.3 is 0 Å². The highest BCUT2D eigenvalue weighted by atomic mass is 32.2. The summed E-state index contributed by atoms with van der Waals surface area (Å²) < 4.78 is 33.1. The smallest absolute Gasteiger partial charge is 0.243 e. The maximum Gasteiger partial charge on any atom is 0.243 e. The fourth-order valence-electron chi connectivity index (χ4n) is 3.08. The predicted octanol–water partition coefficient (Wildman–Crippen LogP) is 3.79. The lowest BCUT2D eigenvalue weighted by Crippen LogP contribution is -2.41. The van der Waals surface area contributed by atoms with E-state index in [9.17, 15) is 8.42 Å². The Balaban J connectivity index is 1.62. The lowest BCUT2D eigenvalue weighted by molar-refractivity contribution is 0.135. The lowest BCUT2D eigenvalue weighted by atomic mass is 10.1. The van der Waals surface area contributed by atoms with Crippen LogP contribution < -0.4 is 4.74 Å². The van der Waals surface area contributed by atoms with Gasteiger partial charge < -0.3 is 4.74 Å². The van der Waals surface area contributed by atoms with Gasteiger partial charge in [-0.25, -0.2) is 8.42 Å². The van der Waals surface area contributed by atoms with Gasteiger partial charge in [0.1, 0.15) is 11.9 Å². The van der Waals surface area contributed by atoms with Gasteiger partial charge in [-0.15, -0.1) is 0 Å². The van der Waals surface area contributed by atoms with E-state index in [1.807, 2.05) is 31.2 Å². The van der Waals surface area contributed by atoms with Crippen LogP contribution in [0.1, 0.15) is 30.9 Å². The van der Waals surface area contributed by atoms with Crippen molar-refractivity contribution in [3.8, 4) is 5.75 Å². The zero-order valence-corrected chi connectivity index (χ0v) is 15.6. The molecule has 134 valence electrons. The zero-order chi connectivity index (χ0) is 17.9. The molecule has 1 saturated heterocycles. The Morgan fingerprint density at radius 2 is 1.76 bits per heavy atom. The van der Waals surface area contributed by atoms with E-state index in [2.05, 4.69) is 19.1 Å². The molecular weight excluding hydrogens is 334 g/mol. The van der Waals surface area contributed by atoms with Gasteiger partial charge in [0.15, 0.2) is 0 Å². The fourth-order valence-corrected chi connectivity index (χ4v) is 4.55. The number of rotatable bonds is 5. The molecule has 0 aliphatic carbocycles. The summed E-state index contributed by atoms with van der Waals surface area (Å²) in [5.74, 6) is 0.874. The van der Waals surface area contributed by atoms with Crippen molar-refractivity contribution in [2.24, 2.45) is 0 Å². The van der Waals surface area contributed by atoms with E-state index >= 15 is 0 Å². The fraction of sp³-hybridized carbons (Fsp3) is 0.400. The van der Waals surface area contributed by atoms with E-state index in [-0.39, 0.29) is 6.10 Å². The van der Waals surface area contributed by atoms with Crippen molar-refractivity contribution in [1.29, 1.82) is 0 Å². The van der Waals surface area contributed by atoms with Crippen LogP contribution in [0, 0.1) is 6.92 Å². The summed E-state index contributed by atoms with van der Waals surface area (Å²) in [4.78, 5) is 0.369. The monoisotopic (exact) mass is 359 g/mol. The predicted molar refractivity (Wildman–Crippen MR) is 99.4 cm³/mol. The highest BCUT2D eigenvalue weighted by molar-refractivity contribution is 7.89. The first-order chi connectivity index (χ1) is 12.0. The van der Waals surface area contributed by atoms with Crippen LogP contribution in [0.25, 0.3) is 0 Å². The molecule has 5 heteroatoms. The maximum atomic E-state index is 12.7. The average Bonchev–Trinajstić information content (AvgIpc) is 2.63. The Labute approximate surface area is 150 Å². The first kappa shape index (κ1) is 18.0. The Bertz CT molecular complexity index is 807. The summed E-state index contributed by atoms with van der Waals surface area (Å²) >= 11 is 0. The van der Waals surface area contributed by atoms with Crippen LogP contribution in [0.15, 0.2) is 53.4 Å². The molecule has 0 spiro atoms. The van der Waals surface area contributed by atoms with Gasteiger partial charge in [0, 0.05) is 13.1 Å². The van der Waals surface area contributed by atoms with Gasteiger partial charge in [-0.3, -0.25) is 0 Å². The van der Waals surface area contributed by atoms with E-state index in [1.54, 1.807) is 16.4 Å². The highest BCUT2D eigenvalue weighted by Gasteiger charge is 2.30. The maximum absolute atomic E-state index is 12.7. The van der Waals surface area contributed by atoms with Crippen molar-refractivity contribution in [3.63, 3.8) is 0 Å². The highest BCUT2D eigenvalue weighted by Crippen LogP contribution is 2.24. The Morgan fingerprint density at radius 3 is 2.40 bits per heavy atom. The zero-order valence-electron chi connectivity index (χ0n) is 14.8. The number of ether oxygens (including phenoxy) is 1. The third-order valence-electron chi connectivity index (χ3n) is 4.67. The van der Waals surface area contributed by atoms with E-state index in [0.717, 1.165) is 17.7 Å². The molecule has 0 aromatic heterocycles. The summed E-state index contributed by atoms with van der Waals surface area (Å²) in [6, 6.07) is 15.2. The molecule has 0 saturated carbocycles. The third kappa shape index (κ3) is 4.22. The van der Waals surface area contributed by atoms with E-state index in [0.29, 0.717) is 30.8 Å². The van der Waals surface area contributed by atoms with Crippen LogP contribution in [0.5, 0.6) is 5.75 Å². The minimum Gasteiger partial charge on any atom is -0.490 e. The van der Waals surface area contributed by atoms with E-state index < -0.39 is 10.0 Å². The Kier molecular flexibility index (Phi) is 5.45. The molecule has 2 aromatic carbocycles. The van der Waals surface area contributed by atoms with Crippen molar-refractivity contribution < 1.29 is 13.2 Å².